The van der Waals surface area contributed by atoms with Gasteiger partial charge in [-0.15, -0.1) is 0 Å². The summed E-state index contributed by atoms with van der Waals surface area (Å²) < 4.78 is 7.02. The average Bonchev–Trinajstić information content (AvgIpc) is 2.99. The number of aromatic nitrogens is 3. The number of hydrogen-bond donors (Lipinski definition) is 1. The van der Waals surface area contributed by atoms with Gasteiger partial charge in [-0.05, 0) is 30.7 Å². The number of nitrogens with one attached hydrogen (secondary N) is 1. The predicted octanol–water partition coefficient (Wildman–Crippen LogP) is 2.15. The van der Waals surface area contributed by atoms with Crippen molar-refractivity contribution in [3.63, 3.8) is 0 Å². The monoisotopic (exact) mass is 336 g/mol. The van der Waals surface area contributed by atoms with Crippen LogP contribution in [0.2, 0.25) is 0 Å². The number of pyridine rings is 1. The lowest BCUT2D eigenvalue weighted by atomic mass is 9.91. The van der Waals surface area contributed by atoms with E-state index in [4.69, 9.17) is 4.74 Å². The number of amides is 1. The molecule has 7 heteroatoms. The third-order valence-corrected chi connectivity index (χ3v) is 4.27. The Hall–Kier alpha value is -3.22. The van der Waals surface area contributed by atoms with Crippen molar-refractivity contribution in [1.82, 2.24) is 14.5 Å². The summed E-state index contributed by atoms with van der Waals surface area (Å²) in [5.74, 6) is -1.57. The molecule has 3 aromatic rings. The van der Waals surface area contributed by atoms with Crippen LogP contribution in [0.1, 0.15) is 18.5 Å². The van der Waals surface area contributed by atoms with Gasteiger partial charge in [-0.25, -0.2) is 4.98 Å². The Kier molecular flexibility index (Phi) is 3.68. The summed E-state index contributed by atoms with van der Waals surface area (Å²) in [5.41, 5.74) is 2.33. The first-order chi connectivity index (χ1) is 12.2. The first-order valence-electron chi connectivity index (χ1n) is 8.05. The Bertz CT molecular complexity index is 951. The molecule has 1 aromatic carbocycles. The molecule has 0 bridgehead atoms. The topological polar surface area (TPSA) is 86.1 Å². The van der Waals surface area contributed by atoms with Crippen LogP contribution in [0.15, 0.2) is 48.8 Å². The van der Waals surface area contributed by atoms with Crippen molar-refractivity contribution in [2.75, 3.05) is 11.9 Å². The lowest BCUT2D eigenvalue weighted by molar-refractivity contribution is -0.152. The minimum Gasteiger partial charge on any atom is -0.465 e. The normalized spacial score (nSPS) is 19.3. The second kappa shape index (κ2) is 6.01. The summed E-state index contributed by atoms with van der Waals surface area (Å²) in [6.45, 7) is 1.93. The lowest BCUT2D eigenvalue weighted by Gasteiger charge is -2.31. The molecule has 1 aliphatic rings. The van der Waals surface area contributed by atoms with E-state index >= 15 is 0 Å². The molecular formula is C18H16N4O3. The van der Waals surface area contributed by atoms with Crippen LogP contribution in [0.4, 0.5) is 5.95 Å². The van der Waals surface area contributed by atoms with Gasteiger partial charge in [-0.1, -0.05) is 18.2 Å². The lowest BCUT2D eigenvalue weighted by Crippen LogP contribution is -2.43. The van der Waals surface area contributed by atoms with Crippen LogP contribution in [0.5, 0.6) is 0 Å². The van der Waals surface area contributed by atoms with Gasteiger partial charge in [0.2, 0.25) is 11.9 Å². The molecule has 0 saturated heterocycles. The summed E-state index contributed by atoms with van der Waals surface area (Å²) >= 11 is 0. The van der Waals surface area contributed by atoms with Crippen LogP contribution in [0.25, 0.3) is 11.0 Å². The van der Waals surface area contributed by atoms with Crippen LogP contribution in [-0.4, -0.2) is 33.0 Å². The third kappa shape index (κ3) is 2.44. The molecule has 3 heterocycles. The molecule has 2 atom stereocenters. The van der Waals surface area contributed by atoms with Crippen LogP contribution in [0.3, 0.4) is 0 Å². The number of anilines is 1. The van der Waals surface area contributed by atoms with Crippen molar-refractivity contribution in [3.8, 4) is 0 Å². The summed E-state index contributed by atoms with van der Waals surface area (Å²) in [7, 11) is 0. The Morgan fingerprint density at radius 3 is 2.88 bits per heavy atom. The molecule has 126 valence electrons. The summed E-state index contributed by atoms with van der Waals surface area (Å²) in [6, 6.07) is 10.6. The van der Waals surface area contributed by atoms with Gasteiger partial charge in [0.1, 0.15) is 0 Å². The van der Waals surface area contributed by atoms with Gasteiger partial charge < -0.3 is 9.30 Å². The number of fused-ring (bicyclic) bond motifs is 3. The number of imidazole rings is 1. The van der Waals surface area contributed by atoms with Crippen molar-refractivity contribution in [3.05, 3.63) is 54.4 Å². The molecule has 1 amide bonds. The van der Waals surface area contributed by atoms with Gasteiger partial charge in [0, 0.05) is 12.4 Å². The molecule has 0 saturated carbocycles. The highest BCUT2D eigenvalue weighted by atomic mass is 16.5. The van der Waals surface area contributed by atoms with Crippen molar-refractivity contribution in [1.29, 1.82) is 0 Å². The van der Waals surface area contributed by atoms with E-state index in [9.17, 15) is 9.59 Å². The molecule has 0 aliphatic carbocycles. The van der Waals surface area contributed by atoms with E-state index < -0.39 is 23.8 Å². The van der Waals surface area contributed by atoms with E-state index in [1.54, 1.807) is 25.4 Å². The molecule has 7 nitrogen and oxygen atoms in total. The summed E-state index contributed by atoms with van der Waals surface area (Å²) in [6.07, 6.45) is 3.31. The fraction of sp³-hybridized carbons (Fsp3) is 0.222. The Morgan fingerprint density at radius 1 is 1.28 bits per heavy atom. The molecule has 1 N–H and O–H groups in total. The number of para-hydroxylation sites is 2. The van der Waals surface area contributed by atoms with Gasteiger partial charge in [-0.3, -0.25) is 19.9 Å². The molecule has 0 fully saturated rings. The smallest absolute Gasteiger partial charge is 0.321 e. The number of nitrogens with zero attached hydrogens (tertiary/aromatic N) is 3. The molecule has 2 unspecified atom stereocenters. The van der Waals surface area contributed by atoms with Gasteiger partial charge in [0.15, 0.2) is 5.92 Å². The maximum atomic E-state index is 12.6. The van der Waals surface area contributed by atoms with E-state index in [2.05, 4.69) is 15.3 Å². The van der Waals surface area contributed by atoms with Crippen LogP contribution < -0.4 is 5.32 Å². The second-order valence-electron chi connectivity index (χ2n) is 5.74. The van der Waals surface area contributed by atoms with Gasteiger partial charge >= 0.3 is 5.97 Å². The molecule has 2 aromatic heterocycles. The number of rotatable bonds is 3. The van der Waals surface area contributed by atoms with Gasteiger partial charge in [-0.2, -0.15) is 0 Å². The Labute approximate surface area is 143 Å². The third-order valence-electron chi connectivity index (χ3n) is 4.27. The average molecular weight is 336 g/mol. The number of benzene rings is 1. The fourth-order valence-electron chi connectivity index (χ4n) is 3.26. The number of hydrogen-bond acceptors (Lipinski definition) is 5. The molecule has 0 radical (unpaired) electrons. The zero-order valence-corrected chi connectivity index (χ0v) is 13.5. The standard InChI is InChI=1S/C18H16N4O3/c1-2-25-17(24)14-15(11-6-5-9-19-10-11)22-13-8-4-3-7-12(13)20-18(22)21-16(14)23/h3-10,14-15H,2H2,1H3,(H,20,21,23). The first kappa shape index (κ1) is 15.3. The fourth-order valence-corrected chi connectivity index (χ4v) is 3.26. The van der Waals surface area contributed by atoms with E-state index in [-0.39, 0.29) is 6.61 Å². The number of carbonyl (C=O) groups excluding carboxylic acids is 2. The number of esters is 1. The van der Waals surface area contributed by atoms with E-state index in [1.165, 1.54) is 0 Å². The maximum absolute atomic E-state index is 12.6. The number of carbonyl (C=O) groups is 2. The van der Waals surface area contributed by atoms with Crippen LogP contribution >= 0.6 is 0 Å². The van der Waals surface area contributed by atoms with Crippen LogP contribution in [-0.2, 0) is 14.3 Å². The van der Waals surface area contributed by atoms with Crippen molar-refractivity contribution in [2.24, 2.45) is 5.92 Å². The highest BCUT2D eigenvalue weighted by Gasteiger charge is 2.44. The SMILES string of the molecule is CCOC(=O)C1C(=O)Nc2nc3ccccc3n2C1c1cccnc1. The molecule has 0 spiro atoms. The zero-order chi connectivity index (χ0) is 17.4. The molecular weight excluding hydrogens is 320 g/mol. The van der Waals surface area contributed by atoms with Gasteiger partial charge in [0.25, 0.3) is 0 Å². The highest BCUT2D eigenvalue weighted by molar-refractivity contribution is 6.07. The quantitative estimate of drug-likeness (QED) is 0.585. The molecule has 4 rings (SSSR count). The van der Waals surface area contributed by atoms with Crippen molar-refractivity contribution >= 4 is 28.9 Å². The van der Waals surface area contributed by atoms with E-state index in [1.807, 2.05) is 34.9 Å². The minimum absolute atomic E-state index is 0.208. The maximum Gasteiger partial charge on any atom is 0.321 e. The molecule has 1 aliphatic heterocycles. The Balaban J connectivity index is 1.96. The van der Waals surface area contributed by atoms with Crippen LogP contribution in [0, 0.1) is 5.92 Å². The van der Waals surface area contributed by atoms with Crippen molar-refractivity contribution in [2.45, 2.75) is 13.0 Å². The van der Waals surface area contributed by atoms with Gasteiger partial charge in [0.05, 0.1) is 23.7 Å². The second-order valence-corrected chi connectivity index (χ2v) is 5.74. The van der Waals surface area contributed by atoms with E-state index in [0.717, 1.165) is 16.6 Å². The van der Waals surface area contributed by atoms with Crippen molar-refractivity contribution < 1.29 is 14.3 Å². The minimum atomic E-state index is -1.01. The highest BCUT2D eigenvalue weighted by Crippen LogP contribution is 2.38. The Morgan fingerprint density at radius 2 is 2.12 bits per heavy atom. The van der Waals surface area contributed by atoms with E-state index in [0.29, 0.717) is 5.95 Å². The largest absolute Gasteiger partial charge is 0.465 e. The molecule has 25 heavy (non-hydrogen) atoms. The predicted molar refractivity (Wildman–Crippen MR) is 90.9 cm³/mol. The number of ether oxygens (including phenoxy) is 1. The first-order valence-corrected chi connectivity index (χ1v) is 8.05. The zero-order valence-electron chi connectivity index (χ0n) is 13.5. The summed E-state index contributed by atoms with van der Waals surface area (Å²) in [5, 5.41) is 2.73. The summed E-state index contributed by atoms with van der Waals surface area (Å²) in [4.78, 5) is 33.8.